The molecule has 3 aliphatic carbocycles. The molecule has 0 spiro atoms. The molecule has 42 heavy (non-hydrogen) atoms. The van der Waals surface area contributed by atoms with Crippen molar-refractivity contribution in [3.8, 4) is 0 Å². The lowest BCUT2D eigenvalue weighted by atomic mass is 9.75. The number of fused-ring (bicyclic) bond motifs is 2. The van der Waals surface area contributed by atoms with E-state index in [-0.39, 0.29) is 17.4 Å². The van der Waals surface area contributed by atoms with Crippen molar-refractivity contribution in [2.24, 2.45) is 22.7 Å². The number of nitrogens with zero attached hydrogens (tertiary/aromatic N) is 5. The maximum absolute atomic E-state index is 11.2. The molecule has 0 unspecified atom stereocenters. The van der Waals surface area contributed by atoms with Crippen molar-refractivity contribution in [2.75, 3.05) is 18.8 Å². The van der Waals surface area contributed by atoms with E-state index in [1.807, 2.05) is 16.8 Å². The van der Waals surface area contributed by atoms with Gasteiger partial charge in [0.1, 0.15) is 23.9 Å². The van der Waals surface area contributed by atoms with Crippen LogP contribution < -0.4 is 5.73 Å². The smallest absolute Gasteiger partial charge is 0.145 e. The van der Waals surface area contributed by atoms with Crippen molar-refractivity contribution in [3.63, 3.8) is 0 Å². The molecule has 3 fully saturated rings. The Hall–Kier alpha value is -2.81. The quantitative estimate of drug-likeness (QED) is 0.326. The highest BCUT2D eigenvalue weighted by Crippen LogP contribution is 2.43. The molecule has 0 bridgehead atoms. The molecule has 3 aromatic rings. The minimum Gasteiger partial charge on any atom is -0.390 e. The Labute approximate surface area is 249 Å². The van der Waals surface area contributed by atoms with Crippen LogP contribution in [0.2, 0.25) is 0 Å². The van der Waals surface area contributed by atoms with Crippen LogP contribution in [0.1, 0.15) is 82.9 Å². The molecule has 4 aliphatic rings. The first-order valence-corrected chi connectivity index (χ1v) is 16.0. The van der Waals surface area contributed by atoms with Crippen LogP contribution in [0.4, 0.5) is 11.5 Å². The van der Waals surface area contributed by atoms with Crippen molar-refractivity contribution >= 4 is 28.3 Å². The number of rotatable bonds is 9. The molecule has 0 amide bonds. The summed E-state index contributed by atoms with van der Waals surface area (Å²) in [5.41, 5.74) is 12.2. The zero-order valence-corrected chi connectivity index (χ0v) is 25.3. The number of benzene rings is 1. The van der Waals surface area contributed by atoms with E-state index >= 15 is 0 Å². The van der Waals surface area contributed by atoms with Crippen LogP contribution in [0.3, 0.4) is 0 Å². The van der Waals surface area contributed by atoms with Crippen LogP contribution in [-0.2, 0) is 11.8 Å². The van der Waals surface area contributed by atoms with Gasteiger partial charge in [-0.2, -0.15) is 0 Å². The Kier molecular flexibility index (Phi) is 7.14. The third kappa shape index (κ3) is 5.38. The number of nitrogen functional groups attached to an aromatic ring is 1. The van der Waals surface area contributed by atoms with Crippen molar-refractivity contribution < 1.29 is 10.2 Å². The molecule has 7 rings (SSSR count). The van der Waals surface area contributed by atoms with E-state index < -0.39 is 12.2 Å². The monoisotopic (exact) mass is 570 g/mol. The summed E-state index contributed by atoms with van der Waals surface area (Å²) < 4.78 is 1.99. The Morgan fingerprint density at radius 1 is 1.00 bits per heavy atom. The number of aliphatic hydroxyl groups excluding tert-OH is 2. The largest absolute Gasteiger partial charge is 0.390 e. The summed E-state index contributed by atoms with van der Waals surface area (Å²) in [7, 11) is 0. The van der Waals surface area contributed by atoms with Crippen LogP contribution in [0, 0.1) is 17.8 Å². The van der Waals surface area contributed by atoms with Crippen molar-refractivity contribution in [1.29, 1.82) is 0 Å². The molecule has 3 heterocycles. The molecular weight excluding hydrogens is 524 g/mol. The third-order valence-corrected chi connectivity index (χ3v) is 10.5. The number of anilines is 1. The van der Waals surface area contributed by atoms with Crippen LogP contribution >= 0.6 is 0 Å². The lowest BCUT2D eigenvalue weighted by molar-refractivity contribution is -0.0119. The van der Waals surface area contributed by atoms with Crippen LogP contribution in [-0.4, -0.2) is 66.7 Å². The lowest BCUT2D eigenvalue weighted by Crippen LogP contribution is -2.48. The highest BCUT2D eigenvalue weighted by atomic mass is 16.3. The van der Waals surface area contributed by atoms with E-state index in [4.69, 9.17) is 10.7 Å². The second kappa shape index (κ2) is 10.7. The fraction of sp³-hybridized carbons (Fsp3) is 0.618. The fourth-order valence-electron chi connectivity index (χ4n) is 7.58. The van der Waals surface area contributed by atoms with Gasteiger partial charge in [-0.05, 0) is 85.5 Å². The predicted molar refractivity (Wildman–Crippen MR) is 167 cm³/mol. The summed E-state index contributed by atoms with van der Waals surface area (Å²) in [6.07, 6.45) is 11.0. The average Bonchev–Trinajstić information content (AvgIpc) is 3.37. The van der Waals surface area contributed by atoms with Gasteiger partial charge in [0.15, 0.2) is 0 Å². The van der Waals surface area contributed by atoms with Crippen molar-refractivity contribution in [1.82, 2.24) is 19.4 Å². The standard InChI is InChI=1S/C34H46N6O2/c1-34(2,3)24-8-7-22-14-25(38-28(22)16-24)9-6-21-12-26(13-21)39(17-20-4-5-20)18-23-15-29(31(42)30(23)41)40-11-10-27-32(35)36-19-37-33(27)40/h7-8,10-11,16,19-21,23,26,29-31,41-42H,4-6,9,12-15,17-18H2,1-3H3,(H2,35,36,37)/t21?,23-,26?,29-,30-,31+/m1/s1. The topological polar surface area (TPSA) is 113 Å². The Morgan fingerprint density at radius 3 is 2.57 bits per heavy atom. The molecule has 8 heteroatoms. The summed E-state index contributed by atoms with van der Waals surface area (Å²) in [4.78, 5) is 16.2. The molecule has 1 aliphatic heterocycles. The highest BCUT2D eigenvalue weighted by Gasteiger charge is 2.45. The average molecular weight is 571 g/mol. The van der Waals surface area contributed by atoms with Gasteiger partial charge < -0.3 is 20.5 Å². The van der Waals surface area contributed by atoms with Crippen LogP contribution in [0.5, 0.6) is 0 Å². The van der Waals surface area contributed by atoms with E-state index in [9.17, 15) is 10.2 Å². The Balaban J connectivity index is 0.955. The molecule has 0 saturated heterocycles. The number of nitrogens with two attached hydrogens (primary N) is 1. The molecule has 4 atom stereocenters. The second-order valence-corrected chi connectivity index (χ2v) is 14.6. The minimum atomic E-state index is -0.825. The summed E-state index contributed by atoms with van der Waals surface area (Å²) in [5.74, 6) is 2.01. The maximum Gasteiger partial charge on any atom is 0.145 e. The first-order valence-electron chi connectivity index (χ1n) is 16.0. The van der Waals surface area contributed by atoms with Crippen molar-refractivity contribution in [2.45, 2.75) is 102 Å². The number of aliphatic hydroxyl groups is 2. The summed E-state index contributed by atoms with van der Waals surface area (Å²) >= 11 is 0. The lowest BCUT2D eigenvalue weighted by Gasteiger charge is -2.44. The Morgan fingerprint density at radius 2 is 1.81 bits per heavy atom. The van der Waals surface area contributed by atoms with E-state index in [0.717, 1.165) is 55.2 Å². The van der Waals surface area contributed by atoms with Gasteiger partial charge in [-0.25, -0.2) is 9.97 Å². The molecule has 2 aromatic heterocycles. The minimum absolute atomic E-state index is 0.0313. The number of hydrogen-bond donors (Lipinski definition) is 3. The molecule has 3 saturated carbocycles. The molecule has 224 valence electrons. The number of hydrogen-bond acceptors (Lipinski definition) is 7. The summed E-state index contributed by atoms with van der Waals surface area (Å²) in [6.45, 7) is 8.75. The maximum atomic E-state index is 11.2. The van der Waals surface area contributed by atoms with Gasteiger partial charge in [0.05, 0.1) is 23.2 Å². The van der Waals surface area contributed by atoms with E-state index in [0.29, 0.717) is 11.9 Å². The van der Waals surface area contributed by atoms with Gasteiger partial charge >= 0.3 is 0 Å². The highest BCUT2D eigenvalue weighted by molar-refractivity contribution is 5.94. The summed E-state index contributed by atoms with van der Waals surface area (Å²) in [6, 6.07) is 9.11. The van der Waals surface area contributed by atoms with E-state index in [2.05, 4.69) is 53.8 Å². The normalized spacial score (nSPS) is 29.2. The number of aromatic nitrogens is 3. The third-order valence-electron chi connectivity index (χ3n) is 10.5. The van der Waals surface area contributed by atoms with Crippen LogP contribution in [0.25, 0.3) is 11.0 Å². The van der Waals surface area contributed by atoms with Gasteiger partial charge in [-0.1, -0.05) is 32.9 Å². The second-order valence-electron chi connectivity index (χ2n) is 14.6. The van der Waals surface area contributed by atoms with Crippen molar-refractivity contribution in [3.05, 3.63) is 47.9 Å². The molecule has 4 N–H and O–H groups in total. The van der Waals surface area contributed by atoms with Gasteiger partial charge in [0.25, 0.3) is 0 Å². The Bertz CT molecular complexity index is 1480. The molecule has 0 radical (unpaired) electrons. The van der Waals surface area contributed by atoms with E-state index in [1.165, 1.54) is 61.0 Å². The van der Waals surface area contributed by atoms with Gasteiger partial charge in [-0.3, -0.25) is 9.89 Å². The van der Waals surface area contributed by atoms with E-state index in [1.54, 1.807) is 0 Å². The summed E-state index contributed by atoms with van der Waals surface area (Å²) in [5, 5.41) is 23.1. The van der Waals surface area contributed by atoms with Gasteiger partial charge in [0.2, 0.25) is 0 Å². The predicted octanol–water partition coefficient (Wildman–Crippen LogP) is 5.19. The number of aliphatic imine (C=N–C) groups is 1. The molecular formula is C34H46N6O2. The fourth-order valence-corrected chi connectivity index (χ4v) is 7.58. The van der Waals surface area contributed by atoms with Crippen LogP contribution in [0.15, 0.2) is 41.8 Å². The van der Waals surface area contributed by atoms with Gasteiger partial charge in [-0.15, -0.1) is 0 Å². The molecule has 1 aromatic carbocycles. The first-order chi connectivity index (χ1) is 20.1. The zero-order valence-electron chi connectivity index (χ0n) is 25.3. The SMILES string of the molecule is CC(C)(C)c1ccc2c(c1)N=C(CCC1CC(N(CC3CC3)C[C@H]3C[C@@H](n4ccc5c(N)ncnc54)[C@H](O)[C@@H]3O)C1)C2. The molecule has 8 nitrogen and oxygen atoms in total. The first kappa shape index (κ1) is 28.0. The van der Waals surface area contributed by atoms with Gasteiger partial charge in [0, 0.05) is 43.4 Å². The zero-order chi connectivity index (χ0) is 29.2.